The number of thiophene rings is 1. The summed E-state index contributed by atoms with van der Waals surface area (Å²) in [6.45, 7) is 0. The fourth-order valence-corrected chi connectivity index (χ4v) is 4.02. The van der Waals surface area contributed by atoms with E-state index in [0.717, 1.165) is 0 Å². The van der Waals surface area contributed by atoms with Crippen LogP contribution in [0.3, 0.4) is 0 Å². The zero-order chi connectivity index (χ0) is 9.42. The third-order valence-electron chi connectivity index (χ3n) is 1.84. The van der Waals surface area contributed by atoms with E-state index < -0.39 is 0 Å². The molecule has 0 bridgehead atoms. The summed E-state index contributed by atoms with van der Waals surface area (Å²) in [5.41, 5.74) is 1.19. The van der Waals surface area contributed by atoms with Crippen molar-refractivity contribution in [3.63, 3.8) is 0 Å². The molecule has 0 aliphatic carbocycles. The van der Waals surface area contributed by atoms with Crippen molar-refractivity contribution in [1.29, 1.82) is 0 Å². The van der Waals surface area contributed by atoms with Gasteiger partial charge in [-0.25, -0.2) is 0 Å². The van der Waals surface area contributed by atoms with Gasteiger partial charge in [-0.05, 0) is 67.0 Å². The van der Waals surface area contributed by atoms with Crippen molar-refractivity contribution < 1.29 is 0 Å². The van der Waals surface area contributed by atoms with E-state index in [1.54, 1.807) is 11.3 Å². The van der Waals surface area contributed by atoms with E-state index in [-0.39, 0.29) is 0 Å². The maximum Gasteiger partial charge on any atom is 0.0495 e. The maximum atomic E-state index is 5.85. The van der Waals surface area contributed by atoms with E-state index in [0.29, 0.717) is 5.88 Å². The molecule has 0 aliphatic heterocycles. The molecule has 13 heavy (non-hydrogen) atoms. The highest BCUT2D eigenvalue weighted by Crippen LogP contribution is 2.35. The summed E-state index contributed by atoms with van der Waals surface area (Å²) in [6.07, 6.45) is 0. The Morgan fingerprint density at radius 1 is 1.54 bits per heavy atom. The maximum absolute atomic E-state index is 5.85. The van der Waals surface area contributed by atoms with Crippen LogP contribution in [0.25, 0.3) is 10.1 Å². The summed E-state index contributed by atoms with van der Waals surface area (Å²) in [4.78, 5) is 0. The van der Waals surface area contributed by atoms with Crippen LogP contribution in [0.5, 0.6) is 0 Å². The molecule has 1 aromatic heterocycles. The van der Waals surface area contributed by atoms with Crippen LogP contribution in [0.1, 0.15) is 5.56 Å². The smallest absolute Gasteiger partial charge is 0.0495 e. The van der Waals surface area contributed by atoms with E-state index in [1.165, 1.54) is 23.7 Å². The lowest BCUT2D eigenvalue weighted by Gasteiger charge is -2.03. The Hall–Kier alpha value is 0.680. The van der Waals surface area contributed by atoms with Gasteiger partial charge in [0.05, 0.1) is 0 Å². The topological polar surface area (TPSA) is 0 Å². The Morgan fingerprint density at radius 3 is 3.00 bits per heavy atom. The minimum absolute atomic E-state index is 0.572. The van der Waals surface area contributed by atoms with Gasteiger partial charge in [-0.2, -0.15) is 0 Å². The standard InChI is InChI=1S/C9H5BrClIS/c10-7-8(12)6(4-11)3-5-1-2-13-9(5)7/h1-3H,4H2. The lowest BCUT2D eigenvalue weighted by Crippen LogP contribution is -1.85. The lowest BCUT2D eigenvalue weighted by molar-refractivity contribution is 1.38. The number of halogens is 3. The highest BCUT2D eigenvalue weighted by molar-refractivity contribution is 14.1. The molecule has 0 amide bonds. The van der Waals surface area contributed by atoms with Crippen LogP contribution < -0.4 is 0 Å². The van der Waals surface area contributed by atoms with Crippen molar-refractivity contribution in [2.75, 3.05) is 0 Å². The molecule has 0 saturated heterocycles. The first-order valence-corrected chi connectivity index (χ1v) is 6.92. The van der Waals surface area contributed by atoms with E-state index in [1.807, 2.05) is 0 Å². The van der Waals surface area contributed by atoms with Crippen molar-refractivity contribution in [1.82, 2.24) is 0 Å². The minimum Gasteiger partial charge on any atom is -0.143 e. The number of fused-ring (bicyclic) bond motifs is 1. The first-order valence-electron chi connectivity index (χ1n) is 3.64. The summed E-state index contributed by atoms with van der Waals surface area (Å²) in [5.74, 6) is 0.572. The fourth-order valence-electron chi connectivity index (χ4n) is 1.20. The zero-order valence-electron chi connectivity index (χ0n) is 6.48. The number of hydrogen-bond acceptors (Lipinski definition) is 1. The van der Waals surface area contributed by atoms with Crippen LogP contribution in [0.15, 0.2) is 22.0 Å². The van der Waals surface area contributed by atoms with Gasteiger partial charge in [-0.15, -0.1) is 22.9 Å². The Balaban J connectivity index is 2.83. The first kappa shape index (κ1) is 10.2. The van der Waals surface area contributed by atoms with Gasteiger partial charge in [-0.1, -0.05) is 0 Å². The molecule has 0 spiro atoms. The van der Waals surface area contributed by atoms with Crippen molar-refractivity contribution in [2.24, 2.45) is 0 Å². The van der Waals surface area contributed by atoms with Crippen LogP contribution in [-0.4, -0.2) is 0 Å². The molecule has 68 valence electrons. The van der Waals surface area contributed by atoms with E-state index in [2.05, 4.69) is 56.0 Å². The van der Waals surface area contributed by atoms with Crippen LogP contribution in [0, 0.1) is 3.57 Å². The summed E-state index contributed by atoms with van der Waals surface area (Å²) >= 11 is 13.5. The Morgan fingerprint density at radius 2 is 2.31 bits per heavy atom. The molecule has 2 aromatic rings. The molecule has 0 unspecified atom stereocenters. The first-order chi connectivity index (χ1) is 6.24. The quantitative estimate of drug-likeness (QED) is 0.477. The third kappa shape index (κ3) is 1.76. The number of rotatable bonds is 1. The molecule has 0 saturated carbocycles. The van der Waals surface area contributed by atoms with Gasteiger partial charge < -0.3 is 0 Å². The van der Waals surface area contributed by atoms with Gasteiger partial charge >= 0.3 is 0 Å². The van der Waals surface area contributed by atoms with Gasteiger partial charge in [0, 0.05) is 18.6 Å². The predicted molar refractivity (Wildman–Crippen MR) is 71.8 cm³/mol. The number of benzene rings is 1. The molecule has 1 heterocycles. The monoisotopic (exact) mass is 386 g/mol. The molecule has 0 nitrogen and oxygen atoms in total. The molecule has 0 atom stereocenters. The van der Waals surface area contributed by atoms with Crippen LogP contribution >= 0.6 is 61.5 Å². The van der Waals surface area contributed by atoms with Gasteiger partial charge in [-0.3, -0.25) is 0 Å². The number of hydrogen-bond donors (Lipinski definition) is 0. The average Bonchev–Trinajstić information content (AvgIpc) is 2.59. The van der Waals surface area contributed by atoms with E-state index in [4.69, 9.17) is 11.6 Å². The van der Waals surface area contributed by atoms with Crippen molar-refractivity contribution >= 4 is 71.5 Å². The SMILES string of the molecule is ClCc1cc2ccsc2c(Br)c1I. The Bertz CT molecular complexity index is 452. The molecule has 1 aromatic carbocycles. The fraction of sp³-hybridized carbons (Fsp3) is 0.111. The second-order valence-electron chi connectivity index (χ2n) is 2.64. The Kier molecular flexibility index (Phi) is 3.18. The predicted octanol–water partition coefficient (Wildman–Crippen LogP) is 5.01. The van der Waals surface area contributed by atoms with E-state index in [9.17, 15) is 0 Å². The largest absolute Gasteiger partial charge is 0.143 e. The van der Waals surface area contributed by atoms with Gasteiger partial charge in [0.15, 0.2) is 0 Å². The van der Waals surface area contributed by atoms with Crippen molar-refractivity contribution in [3.8, 4) is 0 Å². The highest BCUT2D eigenvalue weighted by atomic mass is 127. The molecule has 0 aliphatic rings. The molecule has 0 radical (unpaired) electrons. The Labute approximate surface area is 108 Å². The van der Waals surface area contributed by atoms with Crippen LogP contribution in [0.4, 0.5) is 0 Å². The lowest BCUT2D eigenvalue weighted by atomic mass is 10.2. The third-order valence-corrected chi connectivity index (χ3v) is 6.11. The second kappa shape index (κ2) is 4.04. The van der Waals surface area contributed by atoms with Gasteiger partial charge in [0.1, 0.15) is 0 Å². The summed E-state index contributed by atoms with van der Waals surface area (Å²) in [6, 6.07) is 4.28. The van der Waals surface area contributed by atoms with Crippen molar-refractivity contribution in [2.45, 2.75) is 5.88 Å². The molecule has 4 heteroatoms. The summed E-state index contributed by atoms with van der Waals surface area (Å²) in [5, 5.41) is 3.37. The minimum atomic E-state index is 0.572. The zero-order valence-corrected chi connectivity index (χ0v) is 11.8. The highest BCUT2D eigenvalue weighted by Gasteiger charge is 2.08. The van der Waals surface area contributed by atoms with Crippen LogP contribution in [-0.2, 0) is 5.88 Å². The molecule has 0 N–H and O–H groups in total. The number of alkyl halides is 1. The van der Waals surface area contributed by atoms with Gasteiger partial charge in [0.25, 0.3) is 0 Å². The normalized spacial score (nSPS) is 11.0. The van der Waals surface area contributed by atoms with Crippen molar-refractivity contribution in [3.05, 3.63) is 31.1 Å². The van der Waals surface area contributed by atoms with Gasteiger partial charge in [0.2, 0.25) is 0 Å². The molecular weight excluding hydrogens is 382 g/mol. The van der Waals surface area contributed by atoms with Crippen LogP contribution in [0.2, 0.25) is 0 Å². The van der Waals surface area contributed by atoms with E-state index >= 15 is 0 Å². The average molecular weight is 387 g/mol. The summed E-state index contributed by atoms with van der Waals surface area (Å²) in [7, 11) is 0. The molecular formula is C9H5BrClIS. The summed E-state index contributed by atoms with van der Waals surface area (Å²) < 4.78 is 3.71. The molecule has 0 fully saturated rings. The second-order valence-corrected chi connectivity index (χ2v) is 5.69. The molecule has 2 rings (SSSR count).